The highest BCUT2D eigenvalue weighted by molar-refractivity contribution is 5.39. The van der Waals surface area contributed by atoms with Crippen molar-refractivity contribution in [2.45, 2.75) is 19.1 Å². The van der Waals surface area contributed by atoms with Gasteiger partial charge in [-0.3, -0.25) is 0 Å². The molecule has 0 aliphatic heterocycles. The summed E-state index contributed by atoms with van der Waals surface area (Å²) >= 11 is 0. The standard InChI is InChI=1S/C11H16O4/c1-14-9-5-3-8(10(12)7-9)4-6-11(13)15-2/h3,5,7,11-13H,4,6H2,1-2H3. The van der Waals surface area contributed by atoms with Crippen LogP contribution >= 0.6 is 0 Å². The van der Waals surface area contributed by atoms with Crippen molar-refractivity contribution in [2.24, 2.45) is 0 Å². The van der Waals surface area contributed by atoms with E-state index in [1.54, 1.807) is 25.3 Å². The van der Waals surface area contributed by atoms with Gasteiger partial charge in [0.2, 0.25) is 0 Å². The minimum atomic E-state index is -0.786. The van der Waals surface area contributed by atoms with Crippen molar-refractivity contribution in [2.75, 3.05) is 14.2 Å². The lowest BCUT2D eigenvalue weighted by atomic mass is 10.1. The van der Waals surface area contributed by atoms with Gasteiger partial charge in [-0.05, 0) is 18.1 Å². The van der Waals surface area contributed by atoms with Gasteiger partial charge in [-0.2, -0.15) is 0 Å². The van der Waals surface area contributed by atoms with Gasteiger partial charge in [0.05, 0.1) is 7.11 Å². The smallest absolute Gasteiger partial charge is 0.154 e. The van der Waals surface area contributed by atoms with Gasteiger partial charge in [0.15, 0.2) is 6.29 Å². The Labute approximate surface area is 89.1 Å². The first-order valence-electron chi connectivity index (χ1n) is 4.74. The van der Waals surface area contributed by atoms with Crippen molar-refractivity contribution in [3.05, 3.63) is 23.8 Å². The molecule has 1 unspecified atom stereocenters. The van der Waals surface area contributed by atoms with Crippen LogP contribution in [-0.4, -0.2) is 30.7 Å². The maximum atomic E-state index is 9.61. The molecule has 0 fully saturated rings. The lowest BCUT2D eigenvalue weighted by Crippen LogP contribution is -2.09. The van der Waals surface area contributed by atoms with E-state index in [1.165, 1.54) is 7.11 Å². The molecule has 0 spiro atoms. The summed E-state index contributed by atoms with van der Waals surface area (Å²) in [5.41, 5.74) is 0.770. The van der Waals surface area contributed by atoms with Gasteiger partial charge < -0.3 is 19.7 Å². The number of rotatable bonds is 5. The Morgan fingerprint density at radius 3 is 2.60 bits per heavy atom. The number of phenolic OH excluding ortho intramolecular Hbond substituents is 1. The number of aliphatic hydroxyl groups is 1. The molecule has 1 atom stereocenters. The molecule has 15 heavy (non-hydrogen) atoms. The summed E-state index contributed by atoms with van der Waals surface area (Å²) in [6.45, 7) is 0. The minimum absolute atomic E-state index is 0.178. The van der Waals surface area contributed by atoms with E-state index in [2.05, 4.69) is 0 Å². The SMILES string of the molecule is COc1ccc(CCC(O)OC)c(O)c1. The Morgan fingerprint density at radius 2 is 2.07 bits per heavy atom. The van der Waals surface area contributed by atoms with Crippen LogP contribution in [0.25, 0.3) is 0 Å². The number of aryl methyl sites for hydroxylation is 1. The molecule has 1 aromatic rings. The summed E-state index contributed by atoms with van der Waals surface area (Å²) in [6, 6.07) is 5.10. The van der Waals surface area contributed by atoms with Gasteiger partial charge in [0.25, 0.3) is 0 Å². The molecular formula is C11H16O4. The highest BCUT2D eigenvalue weighted by Gasteiger charge is 2.06. The van der Waals surface area contributed by atoms with Crippen LogP contribution in [0.3, 0.4) is 0 Å². The van der Waals surface area contributed by atoms with Crippen molar-refractivity contribution in [1.82, 2.24) is 0 Å². The summed E-state index contributed by atoms with van der Waals surface area (Å²) in [5, 5.41) is 18.8. The van der Waals surface area contributed by atoms with E-state index in [0.29, 0.717) is 18.6 Å². The molecule has 84 valence electrons. The number of benzene rings is 1. The number of hydrogen-bond donors (Lipinski definition) is 2. The van der Waals surface area contributed by atoms with Crippen LogP contribution in [0.4, 0.5) is 0 Å². The second kappa shape index (κ2) is 5.58. The molecule has 0 saturated heterocycles. The molecular weight excluding hydrogens is 196 g/mol. The monoisotopic (exact) mass is 212 g/mol. The van der Waals surface area contributed by atoms with Gasteiger partial charge in [-0.15, -0.1) is 0 Å². The predicted octanol–water partition coefficient (Wildman–Crippen LogP) is 1.30. The fourth-order valence-electron chi connectivity index (χ4n) is 1.28. The fraction of sp³-hybridized carbons (Fsp3) is 0.455. The summed E-state index contributed by atoms with van der Waals surface area (Å²) in [6.07, 6.45) is 0.229. The molecule has 1 aromatic carbocycles. The average molecular weight is 212 g/mol. The molecule has 0 aromatic heterocycles. The molecule has 0 heterocycles. The largest absolute Gasteiger partial charge is 0.508 e. The normalized spacial score (nSPS) is 12.5. The molecule has 0 amide bonds. The minimum Gasteiger partial charge on any atom is -0.508 e. The topological polar surface area (TPSA) is 58.9 Å². The number of phenols is 1. The maximum absolute atomic E-state index is 9.61. The van der Waals surface area contributed by atoms with E-state index in [-0.39, 0.29) is 5.75 Å². The summed E-state index contributed by atoms with van der Waals surface area (Å²) in [5.74, 6) is 0.793. The van der Waals surface area contributed by atoms with Crippen molar-refractivity contribution >= 4 is 0 Å². The van der Waals surface area contributed by atoms with Gasteiger partial charge in [0.1, 0.15) is 11.5 Å². The molecule has 0 saturated carbocycles. The maximum Gasteiger partial charge on any atom is 0.154 e. The Morgan fingerprint density at radius 1 is 1.33 bits per heavy atom. The molecule has 0 bridgehead atoms. The third-order valence-corrected chi connectivity index (χ3v) is 2.23. The summed E-state index contributed by atoms with van der Waals surface area (Å²) in [7, 11) is 2.99. The van der Waals surface area contributed by atoms with Gasteiger partial charge in [-0.25, -0.2) is 0 Å². The second-order valence-corrected chi connectivity index (χ2v) is 3.22. The number of aromatic hydroxyl groups is 1. The Balaban J connectivity index is 2.62. The van der Waals surface area contributed by atoms with Crippen LogP contribution in [0.5, 0.6) is 11.5 Å². The van der Waals surface area contributed by atoms with Crippen LogP contribution < -0.4 is 4.74 Å². The van der Waals surface area contributed by atoms with Crippen molar-refractivity contribution in [3.63, 3.8) is 0 Å². The van der Waals surface area contributed by atoms with Gasteiger partial charge >= 0.3 is 0 Å². The van der Waals surface area contributed by atoms with Crippen molar-refractivity contribution in [3.8, 4) is 11.5 Å². The lowest BCUT2D eigenvalue weighted by Gasteiger charge is -2.09. The zero-order chi connectivity index (χ0) is 11.3. The Kier molecular flexibility index (Phi) is 4.39. The lowest BCUT2D eigenvalue weighted by molar-refractivity contribution is -0.0777. The zero-order valence-corrected chi connectivity index (χ0v) is 8.93. The Hall–Kier alpha value is -1.26. The van der Waals surface area contributed by atoms with Crippen LogP contribution in [0.2, 0.25) is 0 Å². The van der Waals surface area contributed by atoms with Crippen molar-refractivity contribution in [1.29, 1.82) is 0 Å². The van der Waals surface area contributed by atoms with Gasteiger partial charge in [-0.1, -0.05) is 6.07 Å². The molecule has 1 rings (SSSR count). The van der Waals surface area contributed by atoms with E-state index in [4.69, 9.17) is 9.47 Å². The van der Waals surface area contributed by atoms with Crippen LogP contribution in [-0.2, 0) is 11.2 Å². The highest BCUT2D eigenvalue weighted by atomic mass is 16.6. The Bertz CT molecular complexity index is 311. The molecule has 2 N–H and O–H groups in total. The molecule has 0 aliphatic rings. The van der Waals surface area contributed by atoms with E-state index in [1.807, 2.05) is 0 Å². The summed E-state index contributed by atoms with van der Waals surface area (Å²) < 4.78 is 9.67. The van der Waals surface area contributed by atoms with E-state index < -0.39 is 6.29 Å². The zero-order valence-electron chi connectivity index (χ0n) is 8.93. The predicted molar refractivity (Wildman–Crippen MR) is 56.0 cm³/mol. The molecule has 4 heteroatoms. The first-order chi connectivity index (χ1) is 7.17. The number of aliphatic hydroxyl groups excluding tert-OH is 1. The average Bonchev–Trinajstić information content (AvgIpc) is 2.26. The molecule has 4 nitrogen and oxygen atoms in total. The van der Waals surface area contributed by atoms with Gasteiger partial charge in [0, 0.05) is 19.6 Å². The van der Waals surface area contributed by atoms with E-state index in [9.17, 15) is 10.2 Å². The first kappa shape index (κ1) is 11.8. The fourth-order valence-corrected chi connectivity index (χ4v) is 1.28. The first-order valence-corrected chi connectivity index (χ1v) is 4.74. The van der Waals surface area contributed by atoms with Crippen molar-refractivity contribution < 1.29 is 19.7 Å². The van der Waals surface area contributed by atoms with Crippen LogP contribution in [0, 0.1) is 0 Å². The third-order valence-electron chi connectivity index (χ3n) is 2.23. The number of ether oxygens (including phenoxy) is 2. The third kappa shape index (κ3) is 3.42. The van der Waals surface area contributed by atoms with Crippen LogP contribution in [0.1, 0.15) is 12.0 Å². The number of methoxy groups -OCH3 is 2. The number of hydrogen-bond acceptors (Lipinski definition) is 4. The molecule has 0 aliphatic carbocycles. The molecule has 0 radical (unpaired) electrons. The van der Waals surface area contributed by atoms with E-state index >= 15 is 0 Å². The van der Waals surface area contributed by atoms with E-state index in [0.717, 1.165) is 5.56 Å². The second-order valence-electron chi connectivity index (χ2n) is 3.22. The summed E-state index contributed by atoms with van der Waals surface area (Å²) in [4.78, 5) is 0. The highest BCUT2D eigenvalue weighted by Crippen LogP contribution is 2.24. The van der Waals surface area contributed by atoms with Crippen LogP contribution in [0.15, 0.2) is 18.2 Å². The quantitative estimate of drug-likeness (QED) is 0.722.